The summed E-state index contributed by atoms with van der Waals surface area (Å²) in [5, 5.41) is 8.91. The zero-order chi connectivity index (χ0) is 20.7. The van der Waals surface area contributed by atoms with E-state index in [1.54, 1.807) is 18.2 Å². The molecule has 3 N–H and O–H groups in total. The highest BCUT2D eigenvalue weighted by molar-refractivity contribution is 5.95. The molecule has 0 aliphatic carbocycles. The molecule has 0 fully saturated rings. The molecule has 6 heteroatoms. The van der Waals surface area contributed by atoms with Gasteiger partial charge in [0.05, 0.1) is 19.3 Å². The van der Waals surface area contributed by atoms with Crippen LogP contribution in [0.1, 0.15) is 39.3 Å². The maximum Gasteiger partial charge on any atom is 0.238 e. The fourth-order valence-corrected chi connectivity index (χ4v) is 3.05. The first-order valence-electron chi connectivity index (χ1n) is 9.24. The lowest BCUT2D eigenvalue weighted by molar-refractivity contribution is -0.116. The lowest BCUT2D eigenvalue weighted by atomic mass is 9.82. The van der Waals surface area contributed by atoms with E-state index in [4.69, 9.17) is 4.74 Å². The van der Waals surface area contributed by atoms with Crippen molar-refractivity contribution in [3.05, 3.63) is 54.1 Å². The van der Waals surface area contributed by atoms with Gasteiger partial charge >= 0.3 is 0 Å². The molecule has 0 heterocycles. The second-order valence-electron chi connectivity index (χ2n) is 7.74. The monoisotopic (exact) mass is 383 g/mol. The number of rotatable bonds is 7. The van der Waals surface area contributed by atoms with Crippen LogP contribution in [-0.2, 0) is 9.59 Å². The van der Waals surface area contributed by atoms with Gasteiger partial charge in [-0.25, -0.2) is 0 Å². The van der Waals surface area contributed by atoms with E-state index in [0.29, 0.717) is 17.1 Å². The van der Waals surface area contributed by atoms with Gasteiger partial charge in [-0.05, 0) is 29.2 Å². The first kappa shape index (κ1) is 21.4. The van der Waals surface area contributed by atoms with Crippen LogP contribution in [-0.4, -0.2) is 25.5 Å². The fraction of sp³-hybridized carbons (Fsp3) is 0.364. The molecule has 0 aliphatic rings. The molecule has 150 valence electrons. The number of nitrogens with one attached hydrogen (secondary N) is 3. The van der Waals surface area contributed by atoms with E-state index in [0.717, 1.165) is 5.56 Å². The molecule has 0 aromatic heterocycles. The number of hydrogen-bond acceptors (Lipinski definition) is 4. The van der Waals surface area contributed by atoms with Crippen LogP contribution in [0.2, 0.25) is 0 Å². The van der Waals surface area contributed by atoms with Gasteiger partial charge in [-0.15, -0.1) is 0 Å². The van der Waals surface area contributed by atoms with Crippen molar-refractivity contribution in [2.24, 2.45) is 5.41 Å². The Bertz CT molecular complexity index is 814. The number of ether oxygens (including phenoxy) is 1. The summed E-state index contributed by atoms with van der Waals surface area (Å²) in [6.07, 6.45) is 0. The Balaban J connectivity index is 2.09. The third-order valence-corrected chi connectivity index (χ3v) is 4.26. The Morgan fingerprint density at radius 2 is 1.71 bits per heavy atom. The average molecular weight is 383 g/mol. The van der Waals surface area contributed by atoms with E-state index in [9.17, 15) is 9.59 Å². The Kier molecular flexibility index (Phi) is 7.18. The first-order chi connectivity index (χ1) is 13.2. The van der Waals surface area contributed by atoms with Crippen molar-refractivity contribution in [1.82, 2.24) is 5.32 Å². The molecule has 0 radical (unpaired) electrons. The van der Waals surface area contributed by atoms with Gasteiger partial charge in [-0.2, -0.15) is 0 Å². The van der Waals surface area contributed by atoms with Gasteiger partial charge in [-0.3, -0.25) is 9.59 Å². The highest BCUT2D eigenvalue weighted by Gasteiger charge is 2.26. The van der Waals surface area contributed by atoms with Gasteiger partial charge in [-0.1, -0.05) is 51.1 Å². The quantitative estimate of drug-likeness (QED) is 0.676. The zero-order valence-electron chi connectivity index (χ0n) is 17.1. The van der Waals surface area contributed by atoms with Crippen molar-refractivity contribution < 1.29 is 14.3 Å². The Hall–Kier alpha value is -2.86. The minimum absolute atomic E-state index is 0.0204. The summed E-state index contributed by atoms with van der Waals surface area (Å²) in [6.45, 7) is 7.98. The van der Waals surface area contributed by atoms with Crippen LogP contribution in [0.25, 0.3) is 0 Å². The summed E-state index contributed by atoms with van der Waals surface area (Å²) in [6, 6.07) is 15.2. The number of carbonyl (C=O) groups excluding carboxylic acids is 2. The molecule has 1 atom stereocenters. The van der Waals surface area contributed by atoms with Crippen molar-refractivity contribution >= 4 is 23.2 Å². The number of amides is 2. The smallest absolute Gasteiger partial charge is 0.238 e. The highest BCUT2D eigenvalue weighted by atomic mass is 16.5. The number of benzene rings is 2. The summed E-state index contributed by atoms with van der Waals surface area (Å²) in [7, 11) is 1.53. The minimum Gasteiger partial charge on any atom is -0.495 e. The average Bonchev–Trinajstić information content (AvgIpc) is 2.61. The summed E-state index contributed by atoms with van der Waals surface area (Å²) < 4.78 is 5.31. The van der Waals surface area contributed by atoms with Crippen LogP contribution in [0.15, 0.2) is 48.5 Å². The fourth-order valence-electron chi connectivity index (χ4n) is 3.05. The molecular formula is C22H29N3O3. The van der Waals surface area contributed by atoms with Gasteiger partial charge in [0.25, 0.3) is 0 Å². The molecule has 2 rings (SSSR count). The number of anilines is 2. The first-order valence-corrected chi connectivity index (χ1v) is 9.24. The molecule has 2 amide bonds. The van der Waals surface area contributed by atoms with Crippen molar-refractivity contribution in [3.8, 4) is 5.75 Å². The molecule has 1 unspecified atom stereocenters. The van der Waals surface area contributed by atoms with E-state index in [1.807, 2.05) is 18.2 Å². The molecule has 0 bridgehead atoms. The SMILES string of the molecule is COc1ccc(NC(C)=O)cc1NC(=O)CNC(c1ccccc1)C(C)(C)C. The van der Waals surface area contributed by atoms with Crippen LogP contribution >= 0.6 is 0 Å². The largest absolute Gasteiger partial charge is 0.495 e. The summed E-state index contributed by atoms with van der Waals surface area (Å²) in [4.78, 5) is 23.8. The molecule has 2 aromatic rings. The van der Waals surface area contributed by atoms with Gasteiger partial charge in [0, 0.05) is 18.7 Å². The molecule has 0 spiro atoms. The van der Waals surface area contributed by atoms with Crippen LogP contribution in [0.3, 0.4) is 0 Å². The number of carbonyl (C=O) groups is 2. The van der Waals surface area contributed by atoms with Crippen molar-refractivity contribution in [2.75, 3.05) is 24.3 Å². The third kappa shape index (κ3) is 6.09. The topological polar surface area (TPSA) is 79.5 Å². The van der Waals surface area contributed by atoms with Gasteiger partial charge in [0.2, 0.25) is 11.8 Å². The van der Waals surface area contributed by atoms with Gasteiger partial charge in [0.1, 0.15) is 5.75 Å². The molecule has 6 nitrogen and oxygen atoms in total. The molecule has 28 heavy (non-hydrogen) atoms. The second kappa shape index (κ2) is 9.37. The van der Waals surface area contributed by atoms with Crippen molar-refractivity contribution in [2.45, 2.75) is 33.7 Å². The van der Waals surface area contributed by atoms with Crippen LogP contribution in [0, 0.1) is 5.41 Å². The van der Waals surface area contributed by atoms with E-state index in [-0.39, 0.29) is 29.8 Å². The van der Waals surface area contributed by atoms with Gasteiger partial charge < -0.3 is 20.7 Å². The maximum atomic E-state index is 12.6. The minimum atomic E-state index is -0.191. The van der Waals surface area contributed by atoms with Crippen LogP contribution in [0.5, 0.6) is 5.75 Å². The van der Waals surface area contributed by atoms with Crippen LogP contribution < -0.4 is 20.7 Å². The van der Waals surface area contributed by atoms with E-state index < -0.39 is 0 Å². The Morgan fingerprint density at radius 3 is 2.29 bits per heavy atom. The molecule has 0 saturated heterocycles. The van der Waals surface area contributed by atoms with Crippen molar-refractivity contribution in [3.63, 3.8) is 0 Å². The molecule has 0 saturated carbocycles. The summed E-state index contributed by atoms with van der Waals surface area (Å²) in [5.74, 6) is 0.154. The number of hydrogen-bond donors (Lipinski definition) is 3. The normalized spacial score (nSPS) is 12.2. The Labute approximate surface area is 166 Å². The third-order valence-electron chi connectivity index (χ3n) is 4.26. The standard InChI is InChI=1S/C22H29N3O3/c1-15(26)24-17-11-12-19(28-5)18(13-17)25-20(27)14-23-21(22(2,3)4)16-9-7-6-8-10-16/h6-13,21,23H,14H2,1-5H3,(H,24,26)(H,25,27). The number of methoxy groups -OCH3 is 1. The Morgan fingerprint density at radius 1 is 1.04 bits per heavy atom. The van der Waals surface area contributed by atoms with Crippen LogP contribution in [0.4, 0.5) is 11.4 Å². The predicted octanol–water partition coefficient (Wildman–Crippen LogP) is 3.97. The zero-order valence-corrected chi connectivity index (χ0v) is 17.1. The predicted molar refractivity (Wildman–Crippen MR) is 113 cm³/mol. The van der Waals surface area contributed by atoms with E-state index >= 15 is 0 Å². The lowest BCUT2D eigenvalue weighted by Gasteiger charge is -2.32. The second-order valence-corrected chi connectivity index (χ2v) is 7.74. The highest BCUT2D eigenvalue weighted by Crippen LogP contribution is 2.32. The van der Waals surface area contributed by atoms with Crippen molar-refractivity contribution in [1.29, 1.82) is 0 Å². The van der Waals surface area contributed by atoms with E-state index in [2.05, 4.69) is 48.9 Å². The molecule has 0 aliphatic heterocycles. The summed E-state index contributed by atoms with van der Waals surface area (Å²) in [5.41, 5.74) is 2.17. The van der Waals surface area contributed by atoms with Gasteiger partial charge in [0.15, 0.2) is 0 Å². The van der Waals surface area contributed by atoms with E-state index in [1.165, 1.54) is 14.0 Å². The molecular weight excluding hydrogens is 354 g/mol. The lowest BCUT2D eigenvalue weighted by Crippen LogP contribution is -2.37. The maximum absolute atomic E-state index is 12.6. The molecule has 2 aromatic carbocycles. The summed E-state index contributed by atoms with van der Waals surface area (Å²) >= 11 is 0.